The number of rotatable bonds is 3. The fourth-order valence-electron chi connectivity index (χ4n) is 2.08. The molecule has 0 radical (unpaired) electrons. The van der Waals surface area contributed by atoms with Gasteiger partial charge in [0.2, 0.25) is 0 Å². The Kier molecular flexibility index (Phi) is 4.18. The molecule has 0 saturated heterocycles. The lowest BCUT2D eigenvalue weighted by atomic mass is 10.1. The lowest BCUT2D eigenvalue weighted by molar-refractivity contribution is 0.616. The number of nitrogen functional groups attached to an aromatic ring is 1. The van der Waals surface area contributed by atoms with E-state index in [1.807, 2.05) is 26.0 Å². The molecule has 0 aromatic heterocycles. The topological polar surface area (TPSA) is 38.4 Å². The van der Waals surface area contributed by atoms with Crippen LogP contribution in [0.25, 0.3) is 0 Å². The van der Waals surface area contributed by atoms with Crippen LogP contribution in [0.5, 0.6) is 0 Å². The largest absolute Gasteiger partial charge is 0.399 e. The van der Waals surface area contributed by atoms with Gasteiger partial charge in [-0.05, 0) is 55.7 Å². The first-order chi connectivity index (χ1) is 9.47. The third-order valence-electron chi connectivity index (χ3n) is 3.41. The molecule has 2 rings (SSSR count). The molecule has 0 heterocycles. The van der Waals surface area contributed by atoms with Crippen molar-refractivity contribution in [2.24, 2.45) is 4.99 Å². The SMILES string of the molecule is CC(Cc1ccc(N)cc1F)=Nc1cccc(C)c1C. The molecule has 0 unspecified atom stereocenters. The molecule has 2 N–H and O–H groups in total. The molecule has 0 atom stereocenters. The van der Waals surface area contributed by atoms with Crippen LogP contribution in [0.4, 0.5) is 15.8 Å². The third-order valence-corrected chi connectivity index (χ3v) is 3.41. The van der Waals surface area contributed by atoms with Gasteiger partial charge in [0.25, 0.3) is 0 Å². The summed E-state index contributed by atoms with van der Waals surface area (Å²) in [5, 5.41) is 0. The van der Waals surface area contributed by atoms with Gasteiger partial charge < -0.3 is 5.73 Å². The zero-order valence-corrected chi connectivity index (χ0v) is 12.1. The van der Waals surface area contributed by atoms with Gasteiger partial charge >= 0.3 is 0 Å². The predicted molar refractivity (Wildman–Crippen MR) is 83.2 cm³/mol. The maximum absolute atomic E-state index is 13.8. The normalized spacial score (nSPS) is 11.7. The molecular weight excluding hydrogens is 251 g/mol. The van der Waals surface area contributed by atoms with E-state index in [4.69, 9.17) is 5.73 Å². The number of nitrogens with two attached hydrogens (primary N) is 1. The Morgan fingerprint density at radius 3 is 2.65 bits per heavy atom. The zero-order chi connectivity index (χ0) is 14.7. The molecule has 0 bridgehead atoms. The summed E-state index contributed by atoms with van der Waals surface area (Å²) in [7, 11) is 0. The molecule has 0 aliphatic heterocycles. The van der Waals surface area contributed by atoms with Gasteiger partial charge in [0.15, 0.2) is 0 Å². The number of aliphatic imine (C=N–C) groups is 1. The second-order valence-electron chi connectivity index (χ2n) is 5.09. The van der Waals surface area contributed by atoms with Crippen LogP contribution in [0.15, 0.2) is 41.4 Å². The van der Waals surface area contributed by atoms with Crippen molar-refractivity contribution in [1.82, 2.24) is 0 Å². The zero-order valence-electron chi connectivity index (χ0n) is 12.1. The van der Waals surface area contributed by atoms with Crippen LogP contribution in [0.3, 0.4) is 0 Å². The molecule has 0 spiro atoms. The number of halogens is 1. The van der Waals surface area contributed by atoms with Gasteiger partial charge in [0.05, 0.1) is 5.69 Å². The highest BCUT2D eigenvalue weighted by atomic mass is 19.1. The van der Waals surface area contributed by atoms with Crippen molar-refractivity contribution in [3.8, 4) is 0 Å². The van der Waals surface area contributed by atoms with E-state index in [0.29, 0.717) is 17.7 Å². The highest BCUT2D eigenvalue weighted by Gasteiger charge is 2.05. The first kappa shape index (κ1) is 14.3. The summed E-state index contributed by atoms with van der Waals surface area (Å²) in [5.74, 6) is -0.277. The van der Waals surface area contributed by atoms with E-state index in [1.54, 1.807) is 12.1 Å². The summed E-state index contributed by atoms with van der Waals surface area (Å²) >= 11 is 0. The first-order valence-corrected chi connectivity index (χ1v) is 6.61. The van der Waals surface area contributed by atoms with Gasteiger partial charge in [-0.3, -0.25) is 4.99 Å². The van der Waals surface area contributed by atoms with Crippen LogP contribution >= 0.6 is 0 Å². The Bertz CT molecular complexity index is 660. The number of aryl methyl sites for hydroxylation is 1. The van der Waals surface area contributed by atoms with Crippen LogP contribution in [0.1, 0.15) is 23.6 Å². The highest BCUT2D eigenvalue weighted by molar-refractivity contribution is 5.87. The number of hydrogen-bond donors (Lipinski definition) is 1. The Morgan fingerprint density at radius 1 is 1.20 bits per heavy atom. The summed E-state index contributed by atoms with van der Waals surface area (Å²) in [6, 6.07) is 10.8. The number of hydrogen-bond acceptors (Lipinski definition) is 2. The quantitative estimate of drug-likeness (QED) is 0.653. The lowest BCUT2D eigenvalue weighted by Gasteiger charge is -2.07. The summed E-state index contributed by atoms with van der Waals surface area (Å²) in [6.07, 6.45) is 0.486. The summed E-state index contributed by atoms with van der Waals surface area (Å²) < 4.78 is 13.8. The average Bonchev–Trinajstić information content (AvgIpc) is 2.38. The van der Waals surface area contributed by atoms with Gasteiger partial charge in [-0.1, -0.05) is 18.2 Å². The average molecular weight is 270 g/mol. The van der Waals surface area contributed by atoms with Gasteiger partial charge in [0.1, 0.15) is 5.82 Å². The third kappa shape index (κ3) is 3.23. The predicted octanol–water partition coefficient (Wildman–Crippen LogP) is 4.36. The maximum Gasteiger partial charge on any atom is 0.128 e. The summed E-state index contributed by atoms with van der Waals surface area (Å²) in [6.45, 7) is 6.02. The molecule has 0 aliphatic carbocycles. The van der Waals surface area contributed by atoms with Crippen LogP contribution in [-0.4, -0.2) is 5.71 Å². The van der Waals surface area contributed by atoms with Crippen LogP contribution in [0, 0.1) is 19.7 Å². The smallest absolute Gasteiger partial charge is 0.128 e. The van der Waals surface area contributed by atoms with Crippen molar-refractivity contribution in [1.29, 1.82) is 0 Å². The lowest BCUT2D eigenvalue weighted by Crippen LogP contribution is -2.01. The van der Waals surface area contributed by atoms with Crippen molar-refractivity contribution < 1.29 is 4.39 Å². The van der Waals surface area contributed by atoms with Crippen LogP contribution in [-0.2, 0) is 6.42 Å². The van der Waals surface area contributed by atoms with Crippen molar-refractivity contribution in [3.63, 3.8) is 0 Å². The van der Waals surface area contributed by atoms with E-state index in [1.165, 1.54) is 11.6 Å². The molecule has 2 aromatic carbocycles. The molecule has 3 heteroatoms. The minimum atomic E-state index is -0.277. The molecule has 0 amide bonds. The minimum Gasteiger partial charge on any atom is -0.399 e. The fraction of sp³-hybridized carbons (Fsp3) is 0.235. The van der Waals surface area contributed by atoms with Crippen molar-refractivity contribution >= 4 is 17.1 Å². The molecule has 20 heavy (non-hydrogen) atoms. The van der Waals surface area contributed by atoms with E-state index in [2.05, 4.69) is 18.0 Å². The second kappa shape index (κ2) is 5.87. The molecular formula is C17H19FN2. The van der Waals surface area contributed by atoms with Gasteiger partial charge in [-0.15, -0.1) is 0 Å². The molecule has 104 valence electrons. The first-order valence-electron chi connectivity index (χ1n) is 6.61. The Hall–Kier alpha value is -2.16. The Morgan fingerprint density at radius 2 is 1.95 bits per heavy atom. The Balaban J connectivity index is 2.25. The number of benzene rings is 2. The van der Waals surface area contributed by atoms with Gasteiger partial charge in [0, 0.05) is 17.8 Å². The fourth-order valence-corrected chi connectivity index (χ4v) is 2.08. The van der Waals surface area contributed by atoms with Gasteiger partial charge in [-0.25, -0.2) is 4.39 Å². The number of nitrogens with zero attached hydrogens (tertiary/aromatic N) is 1. The minimum absolute atomic E-state index is 0.277. The molecule has 0 saturated carbocycles. The van der Waals surface area contributed by atoms with E-state index in [-0.39, 0.29) is 5.82 Å². The second-order valence-corrected chi connectivity index (χ2v) is 5.09. The van der Waals surface area contributed by atoms with E-state index >= 15 is 0 Å². The monoisotopic (exact) mass is 270 g/mol. The molecule has 0 fully saturated rings. The van der Waals surface area contributed by atoms with Crippen molar-refractivity contribution in [2.45, 2.75) is 27.2 Å². The Labute approximate surface area is 119 Å². The van der Waals surface area contributed by atoms with Crippen LogP contribution in [0.2, 0.25) is 0 Å². The van der Waals surface area contributed by atoms with E-state index < -0.39 is 0 Å². The van der Waals surface area contributed by atoms with Gasteiger partial charge in [-0.2, -0.15) is 0 Å². The van der Waals surface area contributed by atoms with E-state index in [9.17, 15) is 4.39 Å². The molecule has 2 nitrogen and oxygen atoms in total. The summed E-state index contributed by atoms with van der Waals surface area (Å²) in [4.78, 5) is 4.60. The van der Waals surface area contributed by atoms with Crippen LogP contribution < -0.4 is 5.73 Å². The van der Waals surface area contributed by atoms with Crippen molar-refractivity contribution in [2.75, 3.05) is 5.73 Å². The standard InChI is InChI=1S/C17H19FN2/c1-11-5-4-6-17(13(11)3)20-12(2)9-14-7-8-15(19)10-16(14)18/h4-8,10H,9,19H2,1-3H3. The maximum atomic E-state index is 13.8. The summed E-state index contributed by atoms with van der Waals surface area (Å²) in [5.41, 5.74) is 10.8. The number of anilines is 1. The molecule has 2 aromatic rings. The molecule has 0 aliphatic rings. The highest BCUT2D eigenvalue weighted by Crippen LogP contribution is 2.22. The van der Waals surface area contributed by atoms with Crippen molar-refractivity contribution in [3.05, 3.63) is 58.9 Å². The van der Waals surface area contributed by atoms with E-state index in [0.717, 1.165) is 17.0 Å².